The molecule has 0 spiro atoms. The smallest absolute Gasteiger partial charge is 0.322 e. The van der Waals surface area contributed by atoms with E-state index in [1.807, 2.05) is 0 Å². The SMILES string of the molecule is O=C(O)CC1CCCCN1C(=O)Nc1ccccc1F. The number of aliphatic carboxylic acids is 1. The van der Waals surface area contributed by atoms with Crippen LogP contribution in [0.25, 0.3) is 0 Å². The number of benzene rings is 1. The maximum Gasteiger partial charge on any atom is 0.322 e. The summed E-state index contributed by atoms with van der Waals surface area (Å²) in [6.45, 7) is 0.498. The van der Waals surface area contributed by atoms with Crippen LogP contribution in [0.1, 0.15) is 25.7 Å². The number of hydrogen-bond acceptors (Lipinski definition) is 2. The highest BCUT2D eigenvalue weighted by atomic mass is 19.1. The van der Waals surface area contributed by atoms with Crippen molar-refractivity contribution in [3.63, 3.8) is 0 Å². The van der Waals surface area contributed by atoms with Crippen LogP contribution in [-0.2, 0) is 4.79 Å². The molecule has 1 heterocycles. The van der Waals surface area contributed by atoms with Gasteiger partial charge in [0, 0.05) is 12.6 Å². The van der Waals surface area contributed by atoms with E-state index in [-0.39, 0.29) is 18.2 Å². The summed E-state index contributed by atoms with van der Waals surface area (Å²) in [7, 11) is 0. The molecule has 1 aromatic carbocycles. The van der Waals surface area contributed by atoms with Crippen molar-refractivity contribution in [3.8, 4) is 0 Å². The van der Waals surface area contributed by atoms with E-state index in [1.54, 1.807) is 12.1 Å². The van der Waals surface area contributed by atoms with Crippen LogP contribution in [0.15, 0.2) is 24.3 Å². The molecule has 1 saturated heterocycles. The molecule has 0 aromatic heterocycles. The second-order valence-electron chi connectivity index (χ2n) is 4.85. The van der Waals surface area contributed by atoms with Gasteiger partial charge in [0.15, 0.2) is 0 Å². The lowest BCUT2D eigenvalue weighted by atomic mass is 10.00. The van der Waals surface area contributed by atoms with E-state index in [1.165, 1.54) is 17.0 Å². The largest absolute Gasteiger partial charge is 0.481 e. The first-order chi connectivity index (χ1) is 9.58. The summed E-state index contributed by atoms with van der Waals surface area (Å²) in [5.41, 5.74) is 0.108. The van der Waals surface area contributed by atoms with Gasteiger partial charge < -0.3 is 15.3 Å². The quantitative estimate of drug-likeness (QED) is 0.894. The zero-order valence-electron chi connectivity index (χ0n) is 11.0. The highest BCUT2D eigenvalue weighted by molar-refractivity contribution is 5.90. The molecule has 2 rings (SSSR count). The monoisotopic (exact) mass is 280 g/mol. The van der Waals surface area contributed by atoms with Crippen LogP contribution in [0.5, 0.6) is 0 Å². The molecular formula is C14H17FN2O3. The molecule has 1 aliphatic heterocycles. The Kier molecular flexibility index (Phi) is 4.55. The van der Waals surface area contributed by atoms with Crippen LogP contribution in [-0.4, -0.2) is 34.6 Å². The number of nitrogens with zero attached hydrogens (tertiary/aromatic N) is 1. The van der Waals surface area contributed by atoms with E-state index in [9.17, 15) is 14.0 Å². The molecule has 2 amide bonds. The Bertz CT molecular complexity index is 507. The number of anilines is 1. The summed E-state index contributed by atoms with van der Waals surface area (Å²) >= 11 is 0. The number of urea groups is 1. The van der Waals surface area contributed by atoms with Crippen molar-refractivity contribution in [3.05, 3.63) is 30.1 Å². The highest BCUT2D eigenvalue weighted by Crippen LogP contribution is 2.21. The zero-order chi connectivity index (χ0) is 14.5. The lowest BCUT2D eigenvalue weighted by molar-refractivity contribution is -0.138. The van der Waals surface area contributed by atoms with E-state index < -0.39 is 17.8 Å². The van der Waals surface area contributed by atoms with Gasteiger partial charge in [0.05, 0.1) is 12.1 Å². The number of carboxylic acids is 1. The second-order valence-corrected chi connectivity index (χ2v) is 4.85. The van der Waals surface area contributed by atoms with Gasteiger partial charge in [0.1, 0.15) is 5.82 Å². The van der Waals surface area contributed by atoms with Crippen LogP contribution >= 0.6 is 0 Å². The number of carbonyl (C=O) groups is 2. The standard InChI is InChI=1S/C14H17FN2O3/c15-11-6-1-2-7-12(11)16-14(20)17-8-4-3-5-10(17)9-13(18)19/h1-2,6-7,10H,3-5,8-9H2,(H,16,20)(H,18,19). The Labute approximate surface area is 116 Å². The maximum atomic E-state index is 13.5. The summed E-state index contributed by atoms with van der Waals surface area (Å²) in [5.74, 6) is -1.44. The molecule has 108 valence electrons. The fourth-order valence-corrected chi connectivity index (χ4v) is 2.43. The maximum absolute atomic E-state index is 13.5. The fourth-order valence-electron chi connectivity index (χ4n) is 2.43. The zero-order valence-corrected chi connectivity index (χ0v) is 11.0. The molecule has 1 fully saturated rings. The second kappa shape index (κ2) is 6.36. The lowest BCUT2D eigenvalue weighted by Crippen LogP contribution is -2.46. The predicted octanol–water partition coefficient (Wildman–Crippen LogP) is 2.69. The van der Waals surface area contributed by atoms with E-state index >= 15 is 0 Å². The van der Waals surface area contributed by atoms with E-state index in [4.69, 9.17) is 5.11 Å². The molecule has 1 atom stereocenters. The third-order valence-electron chi connectivity index (χ3n) is 3.41. The summed E-state index contributed by atoms with van der Waals surface area (Å²) in [6, 6.07) is 5.14. The average molecular weight is 280 g/mol. The molecule has 1 unspecified atom stereocenters. The van der Waals surface area contributed by atoms with Gasteiger partial charge in [-0.25, -0.2) is 9.18 Å². The Morgan fingerprint density at radius 2 is 2.10 bits per heavy atom. The first kappa shape index (κ1) is 14.3. The van der Waals surface area contributed by atoms with E-state index in [2.05, 4.69) is 5.32 Å². The molecule has 0 bridgehead atoms. The van der Waals surface area contributed by atoms with Crippen molar-refractivity contribution < 1.29 is 19.1 Å². The minimum Gasteiger partial charge on any atom is -0.481 e. The normalized spacial score (nSPS) is 18.6. The molecule has 20 heavy (non-hydrogen) atoms. The molecule has 1 aliphatic rings. The predicted molar refractivity (Wildman–Crippen MR) is 72.0 cm³/mol. The van der Waals surface area contributed by atoms with Crippen LogP contribution in [0.3, 0.4) is 0 Å². The van der Waals surface area contributed by atoms with Crippen molar-refractivity contribution >= 4 is 17.7 Å². The first-order valence-electron chi connectivity index (χ1n) is 6.62. The number of carbonyl (C=O) groups excluding carboxylic acids is 1. The summed E-state index contributed by atoms with van der Waals surface area (Å²) in [6.07, 6.45) is 2.32. The third-order valence-corrected chi connectivity index (χ3v) is 3.41. The average Bonchev–Trinajstić information content (AvgIpc) is 2.41. The van der Waals surface area contributed by atoms with Gasteiger partial charge in [0.2, 0.25) is 0 Å². The van der Waals surface area contributed by atoms with Crippen molar-refractivity contribution in [2.45, 2.75) is 31.7 Å². The number of hydrogen-bond donors (Lipinski definition) is 2. The van der Waals surface area contributed by atoms with Gasteiger partial charge >= 0.3 is 12.0 Å². The minimum absolute atomic E-state index is 0.0787. The Balaban J connectivity index is 2.06. The van der Waals surface area contributed by atoms with Crippen LogP contribution in [0.4, 0.5) is 14.9 Å². The Morgan fingerprint density at radius 1 is 1.35 bits per heavy atom. The van der Waals surface area contributed by atoms with Crippen molar-refractivity contribution in [2.75, 3.05) is 11.9 Å². The van der Waals surface area contributed by atoms with Crippen LogP contribution in [0.2, 0.25) is 0 Å². The number of amides is 2. The van der Waals surface area contributed by atoms with Crippen LogP contribution in [0, 0.1) is 5.82 Å². The topological polar surface area (TPSA) is 69.6 Å². The summed E-state index contributed by atoms with van der Waals surface area (Å²) in [5, 5.41) is 11.4. The Morgan fingerprint density at radius 3 is 2.80 bits per heavy atom. The third kappa shape index (κ3) is 3.46. The van der Waals surface area contributed by atoms with Gasteiger partial charge in [-0.05, 0) is 31.4 Å². The molecule has 0 radical (unpaired) electrons. The number of para-hydroxylation sites is 1. The molecule has 5 nitrogen and oxygen atoms in total. The van der Waals surface area contributed by atoms with Crippen molar-refractivity contribution in [2.24, 2.45) is 0 Å². The highest BCUT2D eigenvalue weighted by Gasteiger charge is 2.28. The molecule has 0 saturated carbocycles. The Hall–Kier alpha value is -2.11. The summed E-state index contributed by atoms with van der Waals surface area (Å²) < 4.78 is 13.5. The van der Waals surface area contributed by atoms with Crippen molar-refractivity contribution in [1.82, 2.24) is 4.90 Å². The first-order valence-corrected chi connectivity index (χ1v) is 6.62. The molecule has 0 aliphatic carbocycles. The lowest BCUT2D eigenvalue weighted by Gasteiger charge is -2.34. The van der Waals surface area contributed by atoms with Gasteiger partial charge in [-0.3, -0.25) is 4.79 Å². The molecule has 6 heteroatoms. The number of likely N-dealkylation sites (tertiary alicyclic amines) is 1. The number of piperidine rings is 1. The number of halogens is 1. The van der Waals surface area contributed by atoms with Gasteiger partial charge in [-0.1, -0.05) is 12.1 Å². The van der Waals surface area contributed by atoms with Crippen LogP contribution < -0.4 is 5.32 Å². The minimum atomic E-state index is -0.930. The molecular weight excluding hydrogens is 263 g/mol. The number of rotatable bonds is 3. The molecule has 2 N–H and O–H groups in total. The van der Waals surface area contributed by atoms with E-state index in [0.29, 0.717) is 13.0 Å². The van der Waals surface area contributed by atoms with Crippen molar-refractivity contribution in [1.29, 1.82) is 0 Å². The number of carboxylic acid groups (broad SMARTS) is 1. The van der Waals surface area contributed by atoms with Gasteiger partial charge in [-0.15, -0.1) is 0 Å². The van der Waals surface area contributed by atoms with E-state index in [0.717, 1.165) is 12.8 Å². The molecule has 1 aromatic rings. The van der Waals surface area contributed by atoms with Gasteiger partial charge in [0.25, 0.3) is 0 Å². The number of nitrogens with one attached hydrogen (secondary N) is 1. The van der Waals surface area contributed by atoms with Gasteiger partial charge in [-0.2, -0.15) is 0 Å². The summed E-state index contributed by atoms with van der Waals surface area (Å²) in [4.78, 5) is 24.5. The fraction of sp³-hybridized carbons (Fsp3) is 0.429.